The molecule has 0 aliphatic carbocycles. The van der Waals surface area contributed by atoms with Gasteiger partial charge < -0.3 is 15.0 Å². The summed E-state index contributed by atoms with van der Waals surface area (Å²) in [5.74, 6) is -0.0121. The van der Waals surface area contributed by atoms with Crippen molar-refractivity contribution in [3.8, 4) is 0 Å². The quantitative estimate of drug-likeness (QED) is 0.879. The Morgan fingerprint density at radius 3 is 2.81 bits per heavy atom. The Balaban J connectivity index is 1.24. The first kappa shape index (κ1) is 18.4. The van der Waals surface area contributed by atoms with Gasteiger partial charge in [0.25, 0.3) is 0 Å². The molecule has 0 radical (unpaired) electrons. The van der Waals surface area contributed by atoms with Crippen molar-refractivity contribution in [2.24, 2.45) is 0 Å². The second kappa shape index (κ2) is 7.60. The number of hydrogen-bond donors (Lipinski definition) is 1. The van der Waals surface area contributed by atoms with Gasteiger partial charge in [0.15, 0.2) is 0 Å². The molecule has 0 saturated carbocycles. The molecule has 1 spiro atoms. The van der Waals surface area contributed by atoms with Crippen molar-refractivity contribution in [1.29, 1.82) is 0 Å². The lowest BCUT2D eigenvalue weighted by Gasteiger charge is -2.40. The molecule has 3 heterocycles. The number of ether oxygens (including phenoxy) is 1. The number of piperidine rings is 1. The van der Waals surface area contributed by atoms with Gasteiger partial charge >= 0.3 is 0 Å². The Bertz CT molecular complexity index is 759. The molecule has 146 valence electrons. The molecule has 1 amide bonds. The molecule has 4 rings (SSSR count). The second-order valence-electron chi connectivity index (χ2n) is 8.28. The number of hydrogen-bond acceptors (Lipinski definition) is 4. The summed E-state index contributed by atoms with van der Waals surface area (Å²) in [7, 11) is 0. The molecule has 1 atom stereocenters. The number of carbonyl (C=O) groups excluding carboxylic acids is 1. The molecule has 27 heavy (non-hydrogen) atoms. The summed E-state index contributed by atoms with van der Waals surface area (Å²) in [4.78, 5) is 14.8. The predicted octanol–water partition coefficient (Wildman–Crippen LogP) is 2.57. The van der Waals surface area contributed by atoms with Crippen molar-refractivity contribution in [3.63, 3.8) is 0 Å². The maximum atomic E-state index is 12.3. The Morgan fingerprint density at radius 2 is 2.07 bits per heavy atom. The maximum absolute atomic E-state index is 12.3. The van der Waals surface area contributed by atoms with Gasteiger partial charge in [0.1, 0.15) is 6.54 Å². The number of likely N-dealkylation sites (tertiary alicyclic amines) is 1. The molecule has 2 aromatic rings. The van der Waals surface area contributed by atoms with E-state index in [0.29, 0.717) is 12.6 Å². The Labute approximate surface area is 160 Å². The molecule has 1 N–H and O–H groups in total. The van der Waals surface area contributed by atoms with Crippen LogP contribution in [-0.2, 0) is 16.1 Å². The van der Waals surface area contributed by atoms with Crippen LogP contribution in [0.1, 0.15) is 39.5 Å². The Hall–Kier alpha value is -1.92. The van der Waals surface area contributed by atoms with E-state index in [-0.39, 0.29) is 24.2 Å². The summed E-state index contributed by atoms with van der Waals surface area (Å²) in [5.41, 5.74) is 0.958. The van der Waals surface area contributed by atoms with Gasteiger partial charge in [-0.3, -0.25) is 9.48 Å². The summed E-state index contributed by atoms with van der Waals surface area (Å²) in [6.45, 7) is 7.58. The molecule has 2 aliphatic heterocycles. The topological polar surface area (TPSA) is 59.4 Å². The zero-order chi connectivity index (χ0) is 18.9. The molecule has 0 unspecified atom stereocenters. The van der Waals surface area contributed by atoms with Crippen LogP contribution in [0, 0.1) is 0 Å². The number of fused-ring (bicyclic) bond motifs is 1. The lowest BCUT2D eigenvalue weighted by molar-refractivity contribution is -0.123. The lowest BCUT2D eigenvalue weighted by atomic mass is 9.88. The van der Waals surface area contributed by atoms with Crippen molar-refractivity contribution >= 4 is 16.8 Å². The minimum absolute atomic E-state index is 0.0121. The fraction of sp³-hybridized carbons (Fsp3) is 0.619. The number of amides is 1. The third-order valence-electron chi connectivity index (χ3n) is 6.07. The zero-order valence-corrected chi connectivity index (χ0v) is 16.4. The van der Waals surface area contributed by atoms with Gasteiger partial charge in [-0.1, -0.05) is 18.2 Å². The smallest absolute Gasteiger partial charge is 0.241 e. The fourth-order valence-corrected chi connectivity index (χ4v) is 4.38. The van der Waals surface area contributed by atoms with Crippen LogP contribution >= 0.6 is 0 Å². The highest BCUT2D eigenvalue weighted by atomic mass is 16.5. The largest absolute Gasteiger partial charge is 0.370 e. The number of nitrogens with one attached hydrogen (secondary N) is 1. The second-order valence-corrected chi connectivity index (χ2v) is 8.28. The van der Waals surface area contributed by atoms with E-state index in [0.717, 1.165) is 49.7 Å². The molecular weight excluding hydrogens is 340 g/mol. The van der Waals surface area contributed by atoms with Crippen molar-refractivity contribution in [2.75, 3.05) is 19.6 Å². The van der Waals surface area contributed by atoms with Crippen LogP contribution in [0.5, 0.6) is 0 Å². The fourth-order valence-electron chi connectivity index (χ4n) is 4.38. The lowest BCUT2D eigenvalue weighted by Crippen LogP contribution is -2.47. The van der Waals surface area contributed by atoms with E-state index in [9.17, 15) is 4.79 Å². The minimum Gasteiger partial charge on any atom is -0.370 e. The summed E-state index contributed by atoms with van der Waals surface area (Å²) in [6, 6.07) is 8.51. The van der Waals surface area contributed by atoms with E-state index < -0.39 is 0 Å². The summed E-state index contributed by atoms with van der Waals surface area (Å²) in [6.07, 6.45) is 6.41. The highest BCUT2D eigenvalue weighted by molar-refractivity contribution is 5.79. The third kappa shape index (κ3) is 4.17. The van der Waals surface area contributed by atoms with Crippen LogP contribution < -0.4 is 5.32 Å². The molecule has 0 bridgehead atoms. The van der Waals surface area contributed by atoms with Gasteiger partial charge in [-0.25, -0.2) is 0 Å². The number of nitrogens with zero attached hydrogens (tertiary/aromatic N) is 3. The van der Waals surface area contributed by atoms with Crippen LogP contribution in [0.25, 0.3) is 10.9 Å². The molecule has 6 nitrogen and oxygen atoms in total. The normalized spacial score (nSPS) is 22.7. The number of benzene rings is 1. The van der Waals surface area contributed by atoms with Gasteiger partial charge in [-0.05, 0) is 45.6 Å². The average Bonchev–Trinajstić information content (AvgIpc) is 3.24. The van der Waals surface area contributed by atoms with E-state index in [2.05, 4.69) is 29.2 Å². The van der Waals surface area contributed by atoms with Crippen LogP contribution in [0.15, 0.2) is 30.5 Å². The molecule has 6 heteroatoms. The van der Waals surface area contributed by atoms with Crippen LogP contribution in [-0.4, -0.2) is 58.0 Å². The van der Waals surface area contributed by atoms with Crippen LogP contribution in [0.4, 0.5) is 0 Å². The highest BCUT2D eigenvalue weighted by Crippen LogP contribution is 2.39. The van der Waals surface area contributed by atoms with Gasteiger partial charge in [0.2, 0.25) is 5.91 Å². The maximum Gasteiger partial charge on any atom is 0.241 e. The molecule has 1 aromatic heterocycles. The summed E-state index contributed by atoms with van der Waals surface area (Å²) < 4.78 is 8.11. The summed E-state index contributed by atoms with van der Waals surface area (Å²) >= 11 is 0. The third-order valence-corrected chi connectivity index (χ3v) is 6.07. The molecular formula is C21H30N4O2. The van der Waals surface area contributed by atoms with E-state index in [4.69, 9.17) is 4.74 Å². The average molecular weight is 370 g/mol. The zero-order valence-electron chi connectivity index (χ0n) is 16.4. The molecule has 2 aliphatic rings. The van der Waals surface area contributed by atoms with E-state index >= 15 is 0 Å². The van der Waals surface area contributed by atoms with E-state index in [1.165, 1.54) is 0 Å². The van der Waals surface area contributed by atoms with Gasteiger partial charge in [0.05, 0.1) is 17.2 Å². The standard InChI is InChI=1S/C21H30N4O2/c1-16(2)24-11-9-21(10-12-24)8-7-18(27-21)13-22-20(26)15-25-14-17-5-3-4-6-19(17)23-25/h3-6,14,16,18H,7-13,15H2,1-2H3,(H,22,26)/t18-/m1/s1. The summed E-state index contributed by atoms with van der Waals surface area (Å²) in [5, 5.41) is 8.53. The predicted molar refractivity (Wildman–Crippen MR) is 106 cm³/mol. The van der Waals surface area contributed by atoms with Crippen LogP contribution in [0.2, 0.25) is 0 Å². The number of aromatic nitrogens is 2. The number of carbonyl (C=O) groups is 1. The Kier molecular flexibility index (Phi) is 5.19. The van der Waals surface area contributed by atoms with E-state index in [1.807, 2.05) is 30.5 Å². The molecule has 2 saturated heterocycles. The molecule has 2 fully saturated rings. The van der Waals surface area contributed by atoms with Gasteiger partial charge in [-0.15, -0.1) is 0 Å². The monoisotopic (exact) mass is 370 g/mol. The van der Waals surface area contributed by atoms with Crippen molar-refractivity contribution in [1.82, 2.24) is 20.0 Å². The van der Waals surface area contributed by atoms with Gasteiger partial charge in [0, 0.05) is 37.3 Å². The van der Waals surface area contributed by atoms with Gasteiger partial charge in [-0.2, -0.15) is 5.10 Å². The first-order valence-electron chi connectivity index (χ1n) is 10.1. The highest BCUT2D eigenvalue weighted by Gasteiger charge is 2.42. The number of rotatable bonds is 5. The van der Waals surface area contributed by atoms with Crippen molar-refractivity contribution < 1.29 is 9.53 Å². The first-order valence-corrected chi connectivity index (χ1v) is 10.1. The first-order chi connectivity index (χ1) is 13.0. The molecule has 1 aromatic carbocycles. The SMILES string of the molecule is CC(C)N1CCC2(CC[C@H](CNC(=O)Cn3cc4ccccc4n3)O2)CC1. The van der Waals surface area contributed by atoms with Crippen molar-refractivity contribution in [3.05, 3.63) is 30.5 Å². The van der Waals surface area contributed by atoms with Crippen molar-refractivity contribution in [2.45, 2.75) is 63.8 Å². The Morgan fingerprint density at radius 1 is 1.30 bits per heavy atom. The minimum atomic E-state index is -0.0121. The van der Waals surface area contributed by atoms with Crippen LogP contribution in [0.3, 0.4) is 0 Å². The van der Waals surface area contributed by atoms with E-state index in [1.54, 1.807) is 4.68 Å².